The number of allylic oxidation sites excluding steroid dienone is 2. The van der Waals surface area contributed by atoms with Crippen molar-refractivity contribution in [3.63, 3.8) is 0 Å². The van der Waals surface area contributed by atoms with E-state index in [4.69, 9.17) is 56.8 Å². The van der Waals surface area contributed by atoms with Crippen LogP contribution in [0.5, 0.6) is 69.0 Å². The van der Waals surface area contributed by atoms with Gasteiger partial charge in [0.1, 0.15) is 148 Å². The number of benzene rings is 15. The molecule has 0 atom stereocenters. The predicted octanol–water partition coefficient (Wildman–Crippen LogP) is 26.0. The van der Waals surface area contributed by atoms with Crippen LogP contribution < -0.4 is 62.1 Å². The van der Waals surface area contributed by atoms with Gasteiger partial charge >= 0.3 is 0 Å². The summed E-state index contributed by atoms with van der Waals surface area (Å²) in [5, 5.41) is 2.08. The SMILES string of the molecule is O=P1(c2ccccc2)C(c2cc(OCc3cc(OCc4ccccc4)cc(OCc4ccccc4)c3)cc(OCc3cc(OCc4ccccc4)cc(OCc4ccccc4)c3)c2)=C2CCCCC2=C1c1cc(OCc2cc(OCc3ccccc3)cc(OCc3ccccc3)c2)cc(OCc2cc(OCc3ccccc3)cc(OCc3ccccc3)c2)c1. The van der Waals surface area contributed by atoms with Crippen LogP contribution in [-0.2, 0) is 83.8 Å². The van der Waals surface area contributed by atoms with Crippen LogP contribution in [0.1, 0.15) is 104 Å². The average Bonchev–Trinajstić information content (AvgIpc) is 1.54. The van der Waals surface area contributed by atoms with Crippen LogP contribution in [0.25, 0.3) is 10.6 Å². The maximum Gasteiger partial charge on any atom is 0.172 e. The molecule has 0 unspecified atom stereocenters. The molecule has 0 aromatic heterocycles. The summed E-state index contributed by atoms with van der Waals surface area (Å²) in [5.41, 5.74) is 14.8. The Kier molecular flexibility index (Phi) is 27.0. The molecular weight excluding hydrogens is 1560 g/mol. The van der Waals surface area contributed by atoms with Gasteiger partial charge in [-0.25, -0.2) is 0 Å². The minimum absolute atomic E-state index is 0.0999. The van der Waals surface area contributed by atoms with E-state index in [1.54, 1.807) is 0 Å². The van der Waals surface area contributed by atoms with Gasteiger partial charge in [0.25, 0.3) is 0 Å². The Morgan fingerprint density at radius 2 is 0.331 bits per heavy atom. The van der Waals surface area contributed by atoms with E-state index in [1.165, 1.54) is 0 Å². The first kappa shape index (κ1) is 81.9. The summed E-state index contributed by atoms with van der Waals surface area (Å²) in [6, 6.07) is 126. The smallest absolute Gasteiger partial charge is 0.172 e. The maximum atomic E-state index is 18.4. The van der Waals surface area contributed by atoms with Crippen LogP contribution >= 0.6 is 7.14 Å². The highest BCUT2D eigenvalue weighted by molar-refractivity contribution is 7.90. The molecule has 0 saturated heterocycles. The van der Waals surface area contributed by atoms with Crippen molar-refractivity contribution in [3.05, 3.63) is 471 Å². The second-order valence-corrected chi connectivity index (χ2v) is 33.4. The Bertz CT molecular complexity index is 5220. The van der Waals surface area contributed by atoms with Crippen molar-refractivity contribution >= 4 is 23.1 Å². The summed E-state index contributed by atoms with van der Waals surface area (Å²) in [4.78, 5) is 0. The standard InChI is InChI=1S/C110H95O13P/c111-124(106-46-26-9-27-47-106)109(92-58-102(120-76-88-50-94(112-68-80-30-10-1-11-31-80)62-95(51-88)113-69-81-32-12-2-13-33-81)66-103(59-92)121-77-89-52-96(114-70-82-34-14-3-15-35-82)63-97(53-89)115-71-83-36-16-4-17-37-83)107-48-28-29-49-108(107)110(124)93-60-104(122-78-90-54-98(116-72-84-38-18-5-19-39-84)64-99(55-90)117-73-85-40-20-6-21-41-85)67-105(61-93)123-79-91-56-100(118-74-86-42-22-7-23-43-86)65-101(57-91)119-75-87-44-24-8-25-45-87/h1-27,30-47,50-67H,28-29,48-49,68-79H2. The van der Waals surface area contributed by atoms with Crippen LogP contribution in [0.2, 0.25) is 0 Å². The Labute approximate surface area is 725 Å². The summed E-state index contributed by atoms with van der Waals surface area (Å²) >= 11 is 0. The number of fused-ring (bicyclic) bond motifs is 1. The van der Waals surface area contributed by atoms with E-state index in [-0.39, 0.29) is 26.4 Å². The van der Waals surface area contributed by atoms with Gasteiger partial charge in [-0.05, 0) is 188 Å². The summed E-state index contributed by atoms with van der Waals surface area (Å²) < 4.78 is 99.3. The summed E-state index contributed by atoms with van der Waals surface area (Å²) in [5.74, 6) is 6.89. The van der Waals surface area contributed by atoms with Gasteiger partial charge in [-0.1, -0.05) is 273 Å². The van der Waals surface area contributed by atoms with E-state index in [9.17, 15) is 0 Å². The van der Waals surface area contributed by atoms with Gasteiger partial charge in [0.15, 0.2) is 7.14 Å². The van der Waals surface area contributed by atoms with E-state index in [0.717, 1.165) is 90.7 Å². The van der Waals surface area contributed by atoms with Crippen molar-refractivity contribution < 1.29 is 61.4 Å². The average molecular weight is 1660 g/mol. The molecule has 15 aromatic rings. The lowest BCUT2D eigenvalue weighted by Gasteiger charge is -2.24. The van der Waals surface area contributed by atoms with E-state index in [1.807, 2.05) is 382 Å². The minimum atomic E-state index is -3.99. The lowest BCUT2D eigenvalue weighted by molar-refractivity contribution is 0.276. The maximum absolute atomic E-state index is 18.4. The molecule has 13 nitrogen and oxygen atoms in total. The molecular formula is C110H95O13P. The quantitative estimate of drug-likeness (QED) is 0.0339. The fraction of sp³-hybridized carbons (Fsp3) is 0.145. The molecule has 618 valence electrons. The number of hydrogen-bond donors (Lipinski definition) is 0. The Hall–Kier alpha value is -14.4. The molecule has 1 aliphatic heterocycles. The molecule has 17 rings (SSSR count). The van der Waals surface area contributed by atoms with Crippen molar-refractivity contribution in [3.8, 4) is 69.0 Å². The molecule has 0 N–H and O–H groups in total. The van der Waals surface area contributed by atoms with Gasteiger partial charge in [-0.2, -0.15) is 0 Å². The van der Waals surface area contributed by atoms with Gasteiger partial charge in [-0.15, -0.1) is 0 Å². The van der Waals surface area contributed by atoms with Crippen molar-refractivity contribution in [2.45, 2.75) is 105 Å². The van der Waals surface area contributed by atoms with Gasteiger partial charge < -0.3 is 61.4 Å². The van der Waals surface area contributed by atoms with Gasteiger partial charge in [0.2, 0.25) is 0 Å². The second kappa shape index (κ2) is 40.8. The Morgan fingerprint density at radius 1 is 0.177 bits per heavy atom. The number of ether oxygens (including phenoxy) is 12. The third kappa shape index (κ3) is 22.2. The fourth-order valence-corrected chi connectivity index (χ4v) is 19.0. The summed E-state index contributed by atoms with van der Waals surface area (Å²) in [6.07, 6.45) is 3.05. The summed E-state index contributed by atoms with van der Waals surface area (Å²) in [6.45, 7) is 3.15. The molecule has 14 heteroatoms. The first-order valence-corrected chi connectivity index (χ1v) is 43.8. The first-order valence-electron chi connectivity index (χ1n) is 42.1. The molecule has 0 radical (unpaired) electrons. The lowest BCUT2D eigenvalue weighted by atomic mass is 9.87. The first-order chi connectivity index (χ1) is 61.2. The van der Waals surface area contributed by atoms with E-state index in [2.05, 4.69) is 0 Å². The van der Waals surface area contributed by atoms with Crippen molar-refractivity contribution in [2.75, 3.05) is 0 Å². The molecule has 0 spiro atoms. The zero-order valence-electron chi connectivity index (χ0n) is 68.9. The largest absolute Gasteiger partial charge is 0.489 e. The topological polar surface area (TPSA) is 128 Å². The molecule has 2 aliphatic rings. The molecule has 1 saturated carbocycles. The Morgan fingerprint density at radius 3 is 0.508 bits per heavy atom. The highest BCUT2D eigenvalue weighted by Crippen LogP contribution is 2.76. The minimum Gasteiger partial charge on any atom is -0.489 e. The van der Waals surface area contributed by atoms with Crippen molar-refractivity contribution in [2.24, 2.45) is 0 Å². The normalized spacial score (nSPS) is 12.6. The van der Waals surface area contributed by atoms with Gasteiger partial charge in [0.05, 0.1) is 0 Å². The molecule has 1 aliphatic carbocycles. The lowest BCUT2D eigenvalue weighted by Crippen LogP contribution is -2.08. The highest BCUT2D eigenvalue weighted by atomic mass is 31.2. The second-order valence-electron chi connectivity index (χ2n) is 30.8. The molecule has 15 aromatic carbocycles. The van der Waals surface area contributed by atoms with Crippen LogP contribution in [0.4, 0.5) is 0 Å². The van der Waals surface area contributed by atoms with Crippen LogP contribution in [0.3, 0.4) is 0 Å². The van der Waals surface area contributed by atoms with E-state index >= 15 is 4.57 Å². The molecule has 0 amide bonds. The van der Waals surface area contributed by atoms with Crippen molar-refractivity contribution in [1.29, 1.82) is 0 Å². The zero-order chi connectivity index (χ0) is 83.7. The summed E-state index contributed by atoms with van der Waals surface area (Å²) in [7, 11) is -3.99. The number of hydrogen-bond acceptors (Lipinski definition) is 13. The third-order valence-corrected chi connectivity index (χ3v) is 24.8. The monoisotopic (exact) mass is 1650 g/mol. The van der Waals surface area contributed by atoms with Gasteiger partial charge in [-0.3, -0.25) is 0 Å². The van der Waals surface area contributed by atoms with Crippen molar-refractivity contribution in [1.82, 2.24) is 0 Å². The molecule has 1 heterocycles. The molecule has 0 bridgehead atoms. The predicted molar refractivity (Wildman–Crippen MR) is 488 cm³/mol. The number of rotatable bonds is 39. The van der Waals surface area contributed by atoms with Crippen LogP contribution in [0, 0.1) is 0 Å². The van der Waals surface area contributed by atoms with E-state index < -0.39 is 7.14 Å². The van der Waals surface area contributed by atoms with Gasteiger partial charge in [0, 0.05) is 52.3 Å². The van der Waals surface area contributed by atoms with E-state index in [0.29, 0.717) is 162 Å². The zero-order valence-corrected chi connectivity index (χ0v) is 69.8. The fourth-order valence-electron chi connectivity index (χ4n) is 15.4. The van der Waals surface area contributed by atoms with Crippen LogP contribution in [-0.4, -0.2) is 0 Å². The van der Waals surface area contributed by atoms with Crippen LogP contribution in [0.15, 0.2) is 393 Å². The Balaban J connectivity index is 0.760. The molecule has 1 fully saturated rings. The third-order valence-electron chi connectivity index (χ3n) is 21.5. The highest BCUT2D eigenvalue weighted by Gasteiger charge is 2.46. The molecule has 124 heavy (non-hydrogen) atoms.